The second-order valence-corrected chi connectivity index (χ2v) is 11.9. The highest BCUT2D eigenvalue weighted by molar-refractivity contribution is 9.10. The lowest BCUT2D eigenvalue weighted by molar-refractivity contribution is 0.184. The van der Waals surface area contributed by atoms with E-state index in [4.69, 9.17) is 15.1 Å². The molecule has 1 aliphatic rings. The van der Waals surface area contributed by atoms with Crippen LogP contribution in [0.5, 0.6) is 0 Å². The van der Waals surface area contributed by atoms with Crippen LogP contribution in [0, 0.1) is 25.2 Å². The van der Waals surface area contributed by atoms with E-state index in [1.807, 2.05) is 33.8 Å². The standard InChI is InChI=1S/C24H31BrN6S/c1-7-24(5,6)16-8-9-17-18(10-16)32-23-19(17)22-27-21(29-31(22)12-26-23)13(2)11-30-15(4)20(25)14(3)28-30/h12-13,16H,7-11H2,1-6H3. The number of aromatic nitrogens is 6. The van der Waals surface area contributed by atoms with Gasteiger partial charge in [-0.05, 0) is 65.9 Å². The van der Waals surface area contributed by atoms with Gasteiger partial charge in [0.1, 0.15) is 11.2 Å². The summed E-state index contributed by atoms with van der Waals surface area (Å²) in [5, 5.41) is 10.7. The molecule has 0 bridgehead atoms. The number of nitrogens with zero attached hydrogens (tertiary/aromatic N) is 6. The van der Waals surface area contributed by atoms with Gasteiger partial charge in [0, 0.05) is 16.5 Å². The number of hydrogen-bond donors (Lipinski definition) is 0. The summed E-state index contributed by atoms with van der Waals surface area (Å²) < 4.78 is 5.00. The van der Waals surface area contributed by atoms with Crippen molar-refractivity contribution < 1.29 is 0 Å². The van der Waals surface area contributed by atoms with Crippen LogP contribution >= 0.6 is 27.3 Å². The van der Waals surface area contributed by atoms with E-state index in [1.54, 1.807) is 0 Å². The van der Waals surface area contributed by atoms with Gasteiger partial charge in [0.25, 0.3) is 0 Å². The summed E-state index contributed by atoms with van der Waals surface area (Å²) in [5.41, 5.74) is 4.94. The highest BCUT2D eigenvalue weighted by Crippen LogP contribution is 2.45. The maximum atomic E-state index is 5.03. The molecule has 0 radical (unpaired) electrons. The van der Waals surface area contributed by atoms with Crippen LogP contribution in [0.25, 0.3) is 15.9 Å². The van der Waals surface area contributed by atoms with E-state index in [9.17, 15) is 0 Å². The minimum atomic E-state index is 0.152. The first-order chi connectivity index (χ1) is 15.2. The molecule has 6 nitrogen and oxygen atoms in total. The lowest BCUT2D eigenvalue weighted by atomic mass is 9.70. The van der Waals surface area contributed by atoms with E-state index in [1.165, 1.54) is 28.7 Å². The molecule has 0 saturated carbocycles. The summed E-state index contributed by atoms with van der Waals surface area (Å²) in [6.07, 6.45) is 6.56. The summed E-state index contributed by atoms with van der Waals surface area (Å²) in [4.78, 5) is 12.4. The van der Waals surface area contributed by atoms with Crippen LogP contribution in [-0.4, -0.2) is 29.4 Å². The average Bonchev–Trinajstić information content (AvgIpc) is 3.43. The van der Waals surface area contributed by atoms with Crippen molar-refractivity contribution >= 4 is 43.1 Å². The number of thiophene rings is 1. The number of rotatable bonds is 5. The van der Waals surface area contributed by atoms with Crippen molar-refractivity contribution in [1.82, 2.24) is 29.4 Å². The van der Waals surface area contributed by atoms with Gasteiger partial charge >= 0.3 is 0 Å². The fourth-order valence-electron chi connectivity index (χ4n) is 4.95. The summed E-state index contributed by atoms with van der Waals surface area (Å²) in [6, 6.07) is 0. The molecule has 5 rings (SSSR count). The van der Waals surface area contributed by atoms with E-state index in [2.05, 4.69) is 55.6 Å². The second-order valence-electron chi connectivity index (χ2n) is 10.0. The molecule has 4 aromatic heterocycles. The molecule has 2 unspecified atom stereocenters. The molecule has 1 aliphatic carbocycles. The number of halogens is 1. The van der Waals surface area contributed by atoms with Gasteiger partial charge < -0.3 is 0 Å². The Morgan fingerprint density at radius 3 is 2.75 bits per heavy atom. The van der Waals surface area contributed by atoms with Gasteiger partial charge in [-0.1, -0.05) is 34.1 Å². The van der Waals surface area contributed by atoms with Crippen LogP contribution in [0.1, 0.15) is 74.1 Å². The van der Waals surface area contributed by atoms with Gasteiger partial charge in [-0.25, -0.2) is 14.5 Å². The highest BCUT2D eigenvalue weighted by Gasteiger charge is 2.33. The first kappa shape index (κ1) is 22.0. The number of aryl methyl sites for hydroxylation is 2. The molecular formula is C24H31BrN6S. The summed E-state index contributed by atoms with van der Waals surface area (Å²) in [5.74, 6) is 1.74. The van der Waals surface area contributed by atoms with Crippen molar-refractivity contribution in [3.63, 3.8) is 0 Å². The third-order valence-electron chi connectivity index (χ3n) is 7.60. The Kier molecular flexibility index (Phi) is 5.44. The largest absolute Gasteiger partial charge is 0.268 e. The molecule has 8 heteroatoms. The zero-order chi connectivity index (χ0) is 22.8. The monoisotopic (exact) mass is 514 g/mol. The Hall–Kier alpha value is -1.80. The molecule has 4 aromatic rings. The van der Waals surface area contributed by atoms with E-state index in [0.29, 0.717) is 5.41 Å². The van der Waals surface area contributed by atoms with Gasteiger partial charge in [0.15, 0.2) is 11.5 Å². The molecular weight excluding hydrogens is 484 g/mol. The molecule has 2 atom stereocenters. The minimum absolute atomic E-state index is 0.152. The van der Waals surface area contributed by atoms with E-state index in [0.717, 1.165) is 57.5 Å². The van der Waals surface area contributed by atoms with Crippen molar-refractivity contribution in [1.29, 1.82) is 0 Å². The Balaban J connectivity index is 1.51. The molecule has 0 saturated heterocycles. The maximum absolute atomic E-state index is 5.03. The molecule has 32 heavy (non-hydrogen) atoms. The first-order valence-electron chi connectivity index (χ1n) is 11.5. The molecule has 0 fully saturated rings. The molecule has 0 amide bonds. The number of fused-ring (bicyclic) bond motifs is 5. The Bertz CT molecular complexity index is 1310. The van der Waals surface area contributed by atoms with Crippen LogP contribution in [0.4, 0.5) is 0 Å². The zero-order valence-corrected chi connectivity index (χ0v) is 22.1. The van der Waals surface area contributed by atoms with Crippen LogP contribution in [0.15, 0.2) is 10.8 Å². The normalized spacial score (nSPS) is 17.9. The number of hydrogen-bond acceptors (Lipinski definition) is 5. The topological polar surface area (TPSA) is 60.9 Å². The quantitative estimate of drug-likeness (QED) is 0.315. The first-order valence-corrected chi connectivity index (χ1v) is 13.2. The lowest BCUT2D eigenvalue weighted by Gasteiger charge is -2.36. The Labute approximate surface area is 201 Å². The predicted octanol–water partition coefficient (Wildman–Crippen LogP) is 6.26. The van der Waals surface area contributed by atoms with Gasteiger partial charge in [0.05, 0.1) is 22.1 Å². The van der Waals surface area contributed by atoms with Crippen molar-refractivity contribution in [2.45, 2.75) is 79.7 Å². The highest BCUT2D eigenvalue weighted by atomic mass is 79.9. The Morgan fingerprint density at radius 1 is 1.28 bits per heavy atom. The molecule has 0 aliphatic heterocycles. The fraction of sp³-hybridized carbons (Fsp3) is 0.583. The van der Waals surface area contributed by atoms with E-state index in [-0.39, 0.29) is 5.92 Å². The third kappa shape index (κ3) is 3.50. The second kappa shape index (κ2) is 7.90. The van der Waals surface area contributed by atoms with Crippen molar-refractivity contribution in [2.24, 2.45) is 11.3 Å². The molecule has 0 N–H and O–H groups in total. The van der Waals surface area contributed by atoms with Gasteiger partial charge in [0.2, 0.25) is 0 Å². The molecule has 4 heterocycles. The van der Waals surface area contributed by atoms with Gasteiger partial charge in [-0.15, -0.1) is 16.4 Å². The molecule has 0 aromatic carbocycles. The van der Waals surface area contributed by atoms with Crippen molar-refractivity contribution in [3.05, 3.63) is 38.5 Å². The lowest BCUT2D eigenvalue weighted by Crippen LogP contribution is -2.28. The average molecular weight is 516 g/mol. The predicted molar refractivity (Wildman–Crippen MR) is 134 cm³/mol. The summed E-state index contributed by atoms with van der Waals surface area (Å²) in [6.45, 7) is 14.2. The van der Waals surface area contributed by atoms with Crippen molar-refractivity contribution in [2.75, 3.05) is 0 Å². The van der Waals surface area contributed by atoms with E-state index >= 15 is 0 Å². The molecule has 170 valence electrons. The smallest absolute Gasteiger partial charge is 0.167 e. The zero-order valence-electron chi connectivity index (χ0n) is 19.7. The van der Waals surface area contributed by atoms with Crippen LogP contribution in [0.2, 0.25) is 0 Å². The van der Waals surface area contributed by atoms with E-state index < -0.39 is 0 Å². The van der Waals surface area contributed by atoms with Crippen LogP contribution < -0.4 is 0 Å². The van der Waals surface area contributed by atoms with Gasteiger partial charge in [-0.2, -0.15) is 5.10 Å². The summed E-state index contributed by atoms with van der Waals surface area (Å²) in [7, 11) is 0. The fourth-order valence-corrected chi connectivity index (χ4v) is 6.49. The van der Waals surface area contributed by atoms with Crippen LogP contribution in [0.3, 0.4) is 0 Å². The maximum Gasteiger partial charge on any atom is 0.167 e. The Morgan fingerprint density at radius 2 is 2.06 bits per heavy atom. The third-order valence-corrected chi connectivity index (χ3v) is 9.91. The summed E-state index contributed by atoms with van der Waals surface area (Å²) >= 11 is 5.49. The van der Waals surface area contributed by atoms with Crippen molar-refractivity contribution in [3.8, 4) is 0 Å². The molecule has 0 spiro atoms. The van der Waals surface area contributed by atoms with Crippen LogP contribution in [-0.2, 0) is 19.4 Å². The van der Waals surface area contributed by atoms with Gasteiger partial charge in [-0.3, -0.25) is 4.68 Å². The minimum Gasteiger partial charge on any atom is -0.268 e. The SMILES string of the molecule is CCC(C)(C)C1CCc2c(sc3ncn4nc(C(C)Cn5nc(C)c(Br)c5C)nc4c23)C1.